The Morgan fingerprint density at radius 1 is 0.417 bits per heavy atom. The van der Waals surface area contributed by atoms with E-state index < -0.39 is 7.14 Å². The van der Waals surface area contributed by atoms with Gasteiger partial charge >= 0.3 is 0 Å². The van der Waals surface area contributed by atoms with Crippen molar-refractivity contribution in [1.82, 2.24) is 0 Å². The zero-order valence-electron chi connectivity index (χ0n) is 35.5. The topological polar surface area (TPSA) is 46.2 Å². The lowest BCUT2D eigenvalue weighted by atomic mass is 9.91. The van der Waals surface area contributed by atoms with Gasteiger partial charge in [0.25, 0.3) is 0 Å². The number of ether oxygens (including phenoxy) is 5. The molecular weight excluding hydrogens is 758 g/mol. The smallest absolute Gasteiger partial charge is 0.157 e. The average Bonchev–Trinajstić information content (AvgIpc) is 3.27. The van der Waals surface area contributed by atoms with Crippen molar-refractivity contribution in [3.63, 3.8) is 0 Å². The van der Waals surface area contributed by atoms with E-state index >= 15 is 0 Å². The van der Waals surface area contributed by atoms with E-state index in [1.165, 1.54) is 60.4 Å². The van der Waals surface area contributed by atoms with E-state index in [0.29, 0.717) is 52.1 Å². The van der Waals surface area contributed by atoms with E-state index in [1.54, 1.807) is 0 Å². The van der Waals surface area contributed by atoms with Gasteiger partial charge in [0, 0.05) is 36.8 Å². The summed E-state index contributed by atoms with van der Waals surface area (Å²) >= 11 is 0. The van der Waals surface area contributed by atoms with Gasteiger partial charge in [-0.25, -0.2) is 0 Å². The molecule has 1 aliphatic carbocycles. The van der Waals surface area contributed by atoms with Crippen LogP contribution in [0.1, 0.15) is 97.9 Å². The van der Waals surface area contributed by atoms with Crippen molar-refractivity contribution < 1.29 is 23.7 Å². The summed E-state index contributed by atoms with van der Waals surface area (Å²) < 4.78 is 33.4. The van der Waals surface area contributed by atoms with Crippen LogP contribution in [0.15, 0.2) is 121 Å². The molecule has 0 saturated carbocycles. The van der Waals surface area contributed by atoms with Crippen molar-refractivity contribution in [3.05, 3.63) is 166 Å². The van der Waals surface area contributed by atoms with Crippen LogP contribution in [0.25, 0.3) is 0 Å². The third-order valence-corrected chi connectivity index (χ3v) is 13.1. The highest BCUT2D eigenvalue weighted by molar-refractivity contribution is 8.13. The lowest BCUT2D eigenvalue weighted by molar-refractivity contribution is 0.304. The minimum atomic E-state index is -2.03. The first kappa shape index (κ1) is 42.9. The summed E-state index contributed by atoms with van der Waals surface area (Å²) in [5.74, 6) is 4.86. The second kappa shape index (κ2) is 20.4. The van der Waals surface area contributed by atoms with Gasteiger partial charge in [-0.15, -0.1) is 0 Å². The molecule has 5 nitrogen and oxygen atoms in total. The fourth-order valence-electron chi connectivity index (χ4n) is 8.07. The van der Waals surface area contributed by atoms with Gasteiger partial charge < -0.3 is 23.7 Å². The second-order valence-corrected chi connectivity index (χ2v) is 17.4. The molecule has 0 spiro atoms. The molecule has 6 aromatic carbocycles. The molecule has 0 aromatic heterocycles. The predicted molar refractivity (Wildman–Crippen MR) is 255 cm³/mol. The highest BCUT2D eigenvalue weighted by atomic mass is 31.2. The lowest BCUT2D eigenvalue weighted by Crippen LogP contribution is -2.33. The van der Waals surface area contributed by atoms with Crippen LogP contribution in [0.2, 0.25) is 0 Å². The lowest BCUT2D eigenvalue weighted by Gasteiger charge is -2.33. The van der Waals surface area contributed by atoms with Gasteiger partial charge in [-0.05, 0) is 95.5 Å². The molecule has 312 valence electrons. The summed E-state index contributed by atoms with van der Waals surface area (Å²) in [7, 11) is -0.570. The Bertz CT molecular complexity index is 2260. The monoisotopic (exact) mass is 820 g/mol. The molecule has 0 aliphatic heterocycles. The molecule has 1 aliphatic rings. The fourth-order valence-corrected chi connectivity index (χ4v) is 10.6. The maximum Gasteiger partial charge on any atom is 0.157 e. The maximum atomic E-state index is 6.97. The van der Waals surface area contributed by atoms with Gasteiger partial charge in [-0.3, -0.25) is 0 Å². The summed E-state index contributed by atoms with van der Waals surface area (Å²) in [6.45, 7) is 11.3. The number of hydrogen-bond donors (Lipinski definition) is 0. The highest BCUT2D eigenvalue weighted by Gasteiger charge is 2.37. The first-order valence-corrected chi connectivity index (χ1v) is 22.9. The van der Waals surface area contributed by atoms with Crippen LogP contribution in [-0.2, 0) is 25.7 Å². The Labute approximate surface area is 360 Å². The van der Waals surface area contributed by atoms with Gasteiger partial charge in [-0.1, -0.05) is 120 Å². The molecule has 0 amide bonds. The third kappa shape index (κ3) is 9.25. The Balaban J connectivity index is 1.55. The quantitative estimate of drug-likeness (QED) is 0.0718. The van der Waals surface area contributed by atoms with Crippen molar-refractivity contribution in [1.29, 1.82) is 0 Å². The molecule has 60 heavy (non-hydrogen) atoms. The Kier molecular flexibility index (Phi) is 14.6. The highest BCUT2D eigenvalue weighted by Crippen LogP contribution is 2.54. The molecule has 0 saturated heterocycles. The Morgan fingerprint density at radius 3 is 1.15 bits per heavy atom. The summed E-state index contributed by atoms with van der Waals surface area (Å²) in [5, 5.41) is 4.12. The van der Waals surface area contributed by atoms with E-state index in [9.17, 15) is 0 Å². The normalized spacial score (nSPS) is 13.2. The second-order valence-electron chi connectivity index (χ2n) is 15.3. The van der Waals surface area contributed by atoms with Crippen LogP contribution in [0, 0.1) is 0 Å². The minimum absolute atomic E-state index is 0.349. The number of fused-ring (bicyclic) bond motifs is 8. The third-order valence-electron chi connectivity index (χ3n) is 10.7. The largest absolute Gasteiger partial charge is 0.493 e. The molecule has 1 atom stereocenters. The number of hydrogen-bond acceptors (Lipinski definition) is 5. The maximum absolute atomic E-state index is 6.97. The first-order chi connectivity index (χ1) is 29.4. The number of rotatable bonds is 16. The molecule has 8 bridgehead atoms. The van der Waals surface area contributed by atoms with E-state index in [0.717, 1.165) is 54.4 Å². The number of para-hydroxylation sites is 4. The molecular formula is C53H62BO5P. The van der Waals surface area contributed by atoms with E-state index in [-0.39, 0.29) is 7.57 Å². The molecule has 0 radical (unpaired) electrons. The molecule has 0 heterocycles. The van der Waals surface area contributed by atoms with Gasteiger partial charge in [0.1, 0.15) is 35.9 Å². The fraction of sp³-hybridized carbons (Fsp3) is 0.321. The minimum Gasteiger partial charge on any atom is -0.493 e. The van der Waals surface area contributed by atoms with Crippen LogP contribution in [-0.4, -0.2) is 41.1 Å². The SMILES string of the molecule is [BH3-][P+](c1ccccc1)(c1cc2c(OCCC)c(c1)Cc1cccc(c1OCCC)Cc1cccc(c1OCCC)Cc1cccc(c1OCCC)C2)c1ccccc1OC. The van der Waals surface area contributed by atoms with Crippen molar-refractivity contribution in [2.75, 3.05) is 33.5 Å². The molecule has 0 N–H and O–H groups in total. The van der Waals surface area contributed by atoms with Crippen molar-refractivity contribution in [3.8, 4) is 28.7 Å². The Hall–Kier alpha value is -5.19. The van der Waals surface area contributed by atoms with Crippen molar-refractivity contribution in [2.24, 2.45) is 0 Å². The summed E-state index contributed by atoms with van der Waals surface area (Å²) in [6, 6.07) is 45.0. The average molecular weight is 821 g/mol. The first-order valence-electron chi connectivity index (χ1n) is 21.5. The molecule has 7 heteroatoms. The van der Waals surface area contributed by atoms with Gasteiger partial charge in [-0.2, -0.15) is 0 Å². The van der Waals surface area contributed by atoms with Crippen LogP contribution in [0.4, 0.5) is 0 Å². The summed E-state index contributed by atoms with van der Waals surface area (Å²) in [5.41, 5.74) is 9.40. The molecule has 1 unspecified atom stereocenters. The van der Waals surface area contributed by atoms with Crippen molar-refractivity contribution >= 4 is 30.6 Å². The standard InChI is InChI=1S/C53H62BO5P/c1-6-28-56-50-38-18-15-19-39(50)33-41-21-17-23-43(52(41)58-30-8-3)35-45-37-47(60(54,46-24-11-10-12-25-46)49-27-14-13-26-48(49)55-5)36-44(53(45)59-31-9-4)34-42-22-16-20-40(32-38)51(42)57-29-7-2/h10-27,36-37H,6-9,28-35H2,1-5,54H3. The molecule has 0 fully saturated rings. The van der Waals surface area contributed by atoms with E-state index in [2.05, 4.69) is 149 Å². The summed E-state index contributed by atoms with van der Waals surface area (Å²) in [6.07, 6.45) is 6.44. The van der Waals surface area contributed by atoms with Crippen LogP contribution < -0.4 is 39.6 Å². The Morgan fingerprint density at radius 2 is 0.767 bits per heavy atom. The van der Waals surface area contributed by atoms with Crippen LogP contribution in [0.5, 0.6) is 28.7 Å². The van der Waals surface area contributed by atoms with E-state index in [4.69, 9.17) is 23.7 Å². The van der Waals surface area contributed by atoms with Gasteiger partial charge in [0.2, 0.25) is 0 Å². The molecule has 7 rings (SSSR count). The number of benzene rings is 6. The zero-order valence-corrected chi connectivity index (χ0v) is 36.4. The predicted octanol–water partition coefficient (Wildman–Crippen LogP) is 10.1. The van der Waals surface area contributed by atoms with Gasteiger partial charge in [0.05, 0.1) is 44.1 Å². The van der Waals surface area contributed by atoms with Gasteiger partial charge in [0.15, 0.2) is 5.75 Å². The van der Waals surface area contributed by atoms with Crippen molar-refractivity contribution in [2.45, 2.75) is 79.1 Å². The van der Waals surface area contributed by atoms with Crippen LogP contribution in [0.3, 0.4) is 0 Å². The summed E-state index contributed by atoms with van der Waals surface area (Å²) in [4.78, 5) is 0. The van der Waals surface area contributed by atoms with Crippen LogP contribution >= 0.6 is 7.14 Å². The number of methoxy groups -OCH3 is 1. The molecule has 6 aromatic rings. The van der Waals surface area contributed by atoms with E-state index in [1.807, 2.05) is 7.11 Å². The zero-order chi connectivity index (χ0) is 41.9.